The van der Waals surface area contributed by atoms with E-state index in [2.05, 4.69) is 5.32 Å². The Kier molecular flexibility index (Phi) is 6.64. The van der Waals surface area contributed by atoms with Crippen LogP contribution >= 0.6 is 0 Å². The van der Waals surface area contributed by atoms with Gasteiger partial charge in [-0.1, -0.05) is 48.5 Å². The molecule has 0 spiro atoms. The number of carbonyl (C=O) groups is 2. The highest BCUT2D eigenvalue weighted by Crippen LogP contribution is 2.06. The molecule has 0 radical (unpaired) electrons. The number of carboxylic acids is 1. The minimum absolute atomic E-state index is 0.113. The molecule has 0 aliphatic carbocycles. The number of ether oxygens (including phenoxy) is 1. The number of amides is 1. The molecule has 0 aliphatic rings. The van der Waals surface area contributed by atoms with Crippen LogP contribution in [0.15, 0.2) is 60.7 Å². The average molecular weight is 328 g/mol. The average Bonchev–Trinajstić information content (AvgIpc) is 2.60. The van der Waals surface area contributed by atoms with Gasteiger partial charge in [0.2, 0.25) is 0 Å². The van der Waals surface area contributed by atoms with Crippen molar-refractivity contribution in [2.75, 3.05) is 25.0 Å². The summed E-state index contributed by atoms with van der Waals surface area (Å²) in [4.78, 5) is 24.2. The second kappa shape index (κ2) is 9.19. The van der Waals surface area contributed by atoms with Crippen molar-refractivity contribution in [1.29, 1.82) is 0 Å². The molecule has 2 rings (SSSR count). The largest absolute Gasteiger partial charge is 0.480 e. The third-order valence-electron chi connectivity index (χ3n) is 3.27. The molecule has 0 aromatic heterocycles. The van der Waals surface area contributed by atoms with Crippen molar-refractivity contribution in [3.8, 4) is 0 Å². The van der Waals surface area contributed by atoms with Crippen molar-refractivity contribution in [2.24, 2.45) is 0 Å². The lowest BCUT2D eigenvalue weighted by Crippen LogP contribution is -2.39. The third-order valence-corrected chi connectivity index (χ3v) is 3.27. The van der Waals surface area contributed by atoms with Crippen molar-refractivity contribution < 1.29 is 19.4 Å². The summed E-state index contributed by atoms with van der Waals surface area (Å²) in [5.41, 5.74) is 1.76. The predicted molar refractivity (Wildman–Crippen MR) is 90.8 cm³/mol. The summed E-state index contributed by atoms with van der Waals surface area (Å²) >= 11 is 0. The van der Waals surface area contributed by atoms with Crippen molar-refractivity contribution >= 4 is 17.7 Å². The van der Waals surface area contributed by atoms with Gasteiger partial charge in [0.15, 0.2) is 0 Å². The maximum Gasteiger partial charge on any atom is 0.410 e. The minimum Gasteiger partial charge on any atom is -0.480 e. The van der Waals surface area contributed by atoms with E-state index in [-0.39, 0.29) is 13.2 Å². The van der Waals surface area contributed by atoms with Crippen LogP contribution < -0.4 is 5.32 Å². The van der Waals surface area contributed by atoms with Crippen LogP contribution in [0.2, 0.25) is 0 Å². The van der Waals surface area contributed by atoms with Crippen LogP contribution in [0.4, 0.5) is 10.5 Å². The van der Waals surface area contributed by atoms with E-state index < -0.39 is 18.6 Å². The Morgan fingerprint density at radius 3 is 2.25 bits per heavy atom. The van der Waals surface area contributed by atoms with Gasteiger partial charge in [-0.15, -0.1) is 0 Å². The summed E-state index contributed by atoms with van der Waals surface area (Å²) in [6, 6.07) is 18.7. The maximum atomic E-state index is 12.1. The molecule has 126 valence electrons. The van der Waals surface area contributed by atoms with Gasteiger partial charge in [-0.25, -0.2) is 4.79 Å². The number of benzene rings is 2. The lowest BCUT2D eigenvalue weighted by atomic mass is 10.2. The summed E-state index contributed by atoms with van der Waals surface area (Å²) in [7, 11) is 0. The maximum absolute atomic E-state index is 12.1. The first-order chi connectivity index (χ1) is 11.6. The zero-order valence-corrected chi connectivity index (χ0v) is 13.2. The van der Waals surface area contributed by atoms with Crippen LogP contribution in [0.3, 0.4) is 0 Å². The number of anilines is 1. The molecule has 0 saturated heterocycles. The fraction of sp³-hybridized carbons (Fsp3) is 0.222. The van der Waals surface area contributed by atoms with Crippen LogP contribution in [0.25, 0.3) is 0 Å². The van der Waals surface area contributed by atoms with Gasteiger partial charge in [0.05, 0.1) is 0 Å². The van der Waals surface area contributed by atoms with E-state index in [0.29, 0.717) is 6.54 Å². The van der Waals surface area contributed by atoms with Crippen molar-refractivity contribution in [1.82, 2.24) is 4.90 Å². The fourth-order valence-electron chi connectivity index (χ4n) is 2.10. The quantitative estimate of drug-likeness (QED) is 0.779. The number of nitrogens with zero attached hydrogens (tertiary/aromatic N) is 1. The smallest absolute Gasteiger partial charge is 0.410 e. The number of aliphatic carboxylic acids is 1. The monoisotopic (exact) mass is 328 g/mol. The number of nitrogens with one attached hydrogen (secondary N) is 1. The lowest BCUT2D eigenvalue weighted by Gasteiger charge is -2.20. The van der Waals surface area contributed by atoms with Crippen LogP contribution in [0, 0.1) is 0 Å². The first kappa shape index (κ1) is 17.3. The molecule has 0 fully saturated rings. The zero-order valence-electron chi connectivity index (χ0n) is 13.2. The van der Waals surface area contributed by atoms with E-state index in [1.165, 1.54) is 4.90 Å². The number of hydrogen-bond acceptors (Lipinski definition) is 4. The Morgan fingerprint density at radius 1 is 1.00 bits per heavy atom. The number of carboxylic acid groups (broad SMARTS) is 1. The number of para-hydroxylation sites is 1. The molecule has 0 heterocycles. The molecule has 0 atom stereocenters. The predicted octanol–water partition coefficient (Wildman–Crippen LogP) is 2.82. The van der Waals surface area contributed by atoms with Gasteiger partial charge in [0.25, 0.3) is 0 Å². The molecule has 0 saturated carbocycles. The SMILES string of the molecule is O=C(O)CN(CCNc1ccccc1)C(=O)OCc1ccccc1. The van der Waals surface area contributed by atoms with Crippen molar-refractivity contribution in [2.45, 2.75) is 6.61 Å². The Labute approximate surface area is 140 Å². The van der Waals surface area contributed by atoms with Crippen molar-refractivity contribution in [3.63, 3.8) is 0 Å². The first-order valence-electron chi connectivity index (χ1n) is 7.61. The Morgan fingerprint density at radius 2 is 1.62 bits per heavy atom. The minimum atomic E-state index is -1.08. The van der Waals surface area contributed by atoms with Crippen LogP contribution in [0.1, 0.15) is 5.56 Å². The second-order valence-corrected chi connectivity index (χ2v) is 5.15. The number of rotatable bonds is 8. The topological polar surface area (TPSA) is 78.9 Å². The Balaban J connectivity index is 1.84. The fourth-order valence-corrected chi connectivity index (χ4v) is 2.10. The van der Waals surface area contributed by atoms with E-state index in [1.54, 1.807) is 0 Å². The molecule has 0 unspecified atom stereocenters. The third kappa shape index (κ3) is 6.00. The highest BCUT2D eigenvalue weighted by atomic mass is 16.6. The lowest BCUT2D eigenvalue weighted by molar-refractivity contribution is -0.138. The Bertz CT molecular complexity index is 647. The molecule has 2 N–H and O–H groups in total. The highest BCUT2D eigenvalue weighted by Gasteiger charge is 2.17. The van der Waals surface area contributed by atoms with Gasteiger partial charge in [0.1, 0.15) is 13.2 Å². The molecule has 1 amide bonds. The van der Waals surface area contributed by atoms with Crippen LogP contribution in [0.5, 0.6) is 0 Å². The summed E-state index contributed by atoms with van der Waals surface area (Å²) in [5, 5.41) is 12.1. The summed E-state index contributed by atoms with van der Waals surface area (Å²) in [5.74, 6) is -1.08. The van der Waals surface area contributed by atoms with Crippen molar-refractivity contribution in [3.05, 3.63) is 66.2 Å². The molecular weight excluding hydrogens is 308 g/mol. The normalized spacial score (nSPS) is 10.0. The molecular formula is C18H20N2O4. The van der Waals surface area contributed by atoms with Crippen LogP contribution in [-0.2, 0) is 16.1 Å². The van der Waals surface area contributed by atoms with E-state index in [1.807, 2.05) is 60.7 Å². The molecule has 6 nitrogen and oxygen atoms in total. The van der Waals surface area contributed by atoms with Gasteiger partial charge < -0.3 is 15.2 Å². The number of hydrogen-bond donors (Lipinski definition) is 2. The van der Waals surface area contributed by atoms with Gasteiger partial charge >= 0.3 is 12.1 Å². The molecule has 2 aromatic rings. The van der Waals surface area contributed by atoms with Gasteiger partial charge in [0, 0.05) is 18.8 Å². The summed E-state index contributed by atoms with van der Waals surface area (Å²) < 4.78 is 5.19. The van der Waals surface area contributed by atoms with E-state index >= 15 is 0 Å². The summed E-state index contributed by atoms with van der Waals surface area (Å²) in [6.45, 7) is 0.374. The second-order valence-electron chi connectivity index (χ2n) is 5.15. The highest BCUT2D eigenvalue weighted by molar-refractivity contribution is 5.76. The van der Waals surface area contributed by atoms with Gasteiger partial charge in [-0.2, -0.15) is 0 Å². The summed E-state index contributed by atoms with van der Waals surface area (Å²) in [6.07, 6.45) is -0.642. The molecule has 2 aromatic carbocycles. The number of carbonyl (C=O) groups excluding carboxylic acids is 1. The van der Waals surface area contributed by atoms with E-state index in [4.69, 9.17) is 9.84 Å². The van der Waals surface area contributed by atoms with Gasteiger partial charge in [-0.3, -0.25) is 9.69 Å². The molecule has 0 aliphatic heterocycles. The van der Waals surface area contributed by atoms with Crippen LogP contribution in [-0.4, -0.2) is 41.7 Å². The standard InChI is InChI=1S/C18H20N2O4/c21-17(22)13-20(12-11-19-16-9-5-2-6-10-16)18(23)24-14-15-7-3-1-4-8-15/h1-10,19H,11-14H2,(H,21,22). The van der Waals surface area contributed by atoms with E-state index in [0.717, 1.165) is 11.3 Å². The Hall–Kier alpha value is -3.02. The first-order valence-corrected chi connectivity index (χ1v) is 7.61. The molecule has 24 heavy (non-hydrogen) atoms. The van der Waals surface area contributed by atoms with Gasteiger partial charge in [-0.05, 0) is 17.7 Å². The zero-order chi connectivity index (χ0) is 17.2. The molecule has 0 bridgehead atoms. The van der Waals surface area contributed by atoms with E-state index in [9.17, 15) is 9.59 Å². The molecule has 6 heteroatoms.